The average molecular weight is 384 g/mol. The van der Waals surface area contributed by atoms with Crippen LogP contribution in [0.5, 0.6) is 5.75 Å². The van der Waals surface area contributed by atoms with Gasteiger partial charge in [0.2, 0.25) is 5.91 Å². The summed E-state index contributed by atoms with van der Waals surface area (Å²) < 4.78 is 45.9. The van der Waals surface area contributed by atoms with E-state index >= 15 is 0 Å². The van der Waals surface area contributed by atoms with Crippen LogP contribution < -0.4 is 15.4 Å². The zero-order valence-electron chi connectivity index (χ0n) is 16.0. The van der Waals surface area contributed by atoms with Crippen LogP contribution in [0.2, 0.25) is 0 Å². The number of hydrogen-bond acceptors (Lipinski definition) is 3. The predicted octanol–water partition coefficient (Wildman–Crippen LogP) is 3.89. The normalized spacial score (nSPS) is 21.8. The third-order valence-electron chi connectivity index (χ3n) is 5.37. The molecule has 2 fully saturated rings. The summed E-state index contributed by atoms with van der Waals surface area (Å²) in [5, 5.41) is 5.99. The molecule has 150 valence electrons. The molecule has 7 heteroatoms. The lowest BCUT2D eigenvalue weighted by Crippen LogP contribution is -2.33. The summed E-state index contributed by atoms with van der Waals surface area (Å²) in [4.78, 5) is 12.4. The van der Waals surface area contributed by atoms with Crippen molar-refractivity contribution in [2.45, 2.75) is 58.4 Å². The van der Waals surface area contributed by atoms with Gasteiger partial charge in [0, 0.05) is 12.5 Å². The number of hydrogen-bond donors (Lipinski definition) is 2. The minimum absolute atomic E-state index is 0.0529. The molecule has 1 aromatic rings. The van der Waals surface area contributed by atoms with Crippen molar-refractivity contribution in [3.05, 3.63) is 29.3 Å². The molecule has 1 saturated carbocycles. The minimum atomic E-state index is -4.51. The van der Waals surface area contributed by atoms with Crippen LogP contribution in [-0.2, 0) is 17.5 Å². The van der Waals surface area contributed by atoms with Gasteiger partial charge in [0.05, 0.1) is 5.56 Å². The van der Waals surface area contributed by atoms with E-state index < -0.39 is 17.3 Å². The highest BCUT2D eigenvalue weighted by Crippen LogP contribution is 2.58. The Kier molecular flexibility index (Phi) is 5.18. The van der Waals surface area contributed by atoms with Gasteiger partial charge in [0.25, 0.3) is 0 Å². The second-order valence-electron chi connectivity index (χ2n) is 8.62. The fourth-order valence-corrected chi connectivity index (χ4v) is 3.89. The Balaban J connectivity index is 1.68. The van der Waals surface area contributed by atoms with E-state index in [4.69, 9.17) is 4.74 Å². The Morgan fingerprint density at radius 1 is 1.26 bits per heavy atom. The van der Waals surface area contributed by atoms with Crippen molar-refractivity contribution >= 4 is 5.91 Å². The van der Waals surface area contributed by atoms with E-state index in [1.54, 1.807) is 20.8 Å². The number of rotatable bonds is 4. The molecule has 1 aromatic carbocycles. The summed E-state index contributed by atoms with van der Waals surface area (Å²) in [5.74, 6) is -0.0433. The summed E-state index contributed by atoms with van der Waals surface area (Å²) >= 11 is 0. The second-order valence-corrected chi connectivity index (χ2v) is 8.62. The molecular weight excluding hydrogens is 357 g/mol. The van der Waals surface area contributed by atoms with Gasteiger partial charge in [0.15, 0.2) is 0 Å². The highest BCUT2D eigenvalue weighted by molar-refractivity contribution is 5.82. The van der Waals surface area contributed by atoms with Gasteiger partial charge in [-0.1, -0.05) is 6.07 Å². The first-order chi connectivity index (χ1) is 12.5. The number of carbonyl (C=O) groups excluding carboxylic acids is 1. The highest BCUT2D eigenvalue weighted by atomic mass is 19.4. The molecule has 2 aliphatic rings. The number of piperidine rings is 1. The molecular formula is C20H27F3N2O2. The molecule has 1 saturated heterocycles. The van der Waals surface area contributed by atoms with Gasteiger partial charge in [-0.15, -0.1) is 0 Å². The molecule has 2 N–H and O–H groups in total. The van der Waals surface area contributed by atoms with Crippen LogP contribution in [0, 0.1) is 11.3 Å². The van der Waals surface area contributed by atoms with Crippen molar-refractivity contribution in [2.75, 3.05) is 13.1 Å². The van der Waals surface area contributed by atoms with E-state index in [9.17, 15) is 18.0 Å². The number of nitrogens with one attached hydrogen (secondary N) is 2. The van der Waals surface area contributed by atoms with Crippen LogP contribution >= 0.6 is 0 Å². The smallest absolute Gasteiger partial charge is 0.416 e. The molecule has 0 radical (unpaired) electrons. The van der Waals surface area contributed by atoms with Gasteiger partial charge >= 0.3 is 6.18 Å². The first-order valence-electron chi connectivity index (χ1n) is 9.38. The average Bonchev–Trinajstić information content (AvgIpc) is 3.24. The molecule has 0 bridgehead atoms. The van der Waals surface area contributed by atoms with Gasteiger partial charge < -0.3 is 15.4 Å². The van der Waals surface area contributed by atoms with E-state index in [0.29, 0.717) is 0 Å². The number of alkyl halides is 3. The third kappa shape index (κ3) is 4.75. The molecule has 4 nitrogen and oxygen atoms in total. The van der Waals surface area contributed by atoms with Crippen LogP contribution in [0.4, 0.5) is 13.2 Å². The number of ether oxygens (including phenoxy) is 1. The van der Waals surface area contributed by atoms with E-state index in [2.05, 4.69) is 10.6 Å². The molecule has 1 spiro atoms. The lowest BCUT2D eigenvalue weighted by molar-refractivity contribution is -0.138. The Bertz CT molecular complexity index is 704. The van der Waals surface area contributed by atoms with E-state index in [0.717, 1.165) is 38.4 Å². The molecule has 27 heavy (non-hydrogen) atoms. The number of carbonyl (C=O) groups is 1. The van der Waals surface area contributed by atoms with Crippen molar-refractivity contribution in [3.8, 4) is 5.75 Å². The van der Waals surface area contributed by atoms with Crippen LogP contribution in [0.25, 0.3) is 0 Å². The maximum absolute atomic E-state index is 13.5. The molecule has 1 heterocycles. The van der Waals surface area contributed by atoms with Crippen LogP contribution in [0.15, 0.2) is 18.2 Å². The molecule has 1 aliphatic carbocycles. The first kappa shape index (κ1) is 20.0. The molecule has 1 aliphatic heterocycles. The summed E-state index contributed by atoms with van der Waals surface area (Å²) in [6.07, 6.45) is -1.76. The Labute approximate surface area is 157 Å². The van der Waals surface area contributed by atoms with Crippen molar-refractivity contribution < 1.29 is 22.7 Å². The quantitative estimate of drug-likeness (QED) is 0.828. The summed E-state index contributed by atoms with van der Waals surface area (Å²) in [6, 6.07) is 3.92. The molecule has 3 rings (SSSR count). The summed E-state index contributed by atoms with van der Waals surface area (Å²) in [7, 11) is 0. The summed E-state index contributed by atoms with van der Waals surface area (Å²) in [5.41, 5.74) is -1.24. The van der Waals surface area contributed by atoms with Crippen LogP contribution in [0.3, 0.4) is 0 Å². The summed E-state index contributed by atoms with van der Waals surface area (Å²) in [6.45, 7) is 7.00. The predicted molar refractivity (Wildman–Crippen MR) is 96.3 cm³/mol. The Morgan fingerprint density at radius 2 is 1.93 bits per heavy atom. The van der Waals surface area contributed by atoms with Crippen LogP contribution in [0.1, 0.15) is 51.2 Å². The zero-order chi connectivity index (χ0) is 19.9. The lowest BCUT2D eigenvalue weighted by Gasteiger charge is -2.24. The Hall–Kier alpha value is -1.76. The molecule has 1 amide bonds. The van der Waals surface area contributed by atoms with E-state index in [1.165, 1.54) is 12.1 Å². The molecule has 0 aromatic heterocycles. The van der Waals surface area contributed by atoms with Crippen molar-refractivity contribution in [3.63, 3.8) is 0 Å². The SMILES string of the molecule is CC(C)(C)Oc1ccc(CNC(=O)C2CC23CCNCC3)c(C(F)(F)F)c1. The molecule has 1 unspecified atom stereocenters. The largest absolute Gasteiger partial charge is 0.488 e. The van der Waals surface area contributed by atoms with Gasteiger partial charge in [-0.05, 0) is 76.2 Å². The standard InChI is InChI=1S/C20H27F3N2O2/c1-18(2,3)27-14-5-4-13(15(10-14)20(21,22)23)12-25-17(26)16-11-19(16)6-8-24-9-7-19/h4-5,10,16,24H,6-9,11-12H2,1-3H3,(H,25,26). The monoisotopic (exact) mass is 384 g/mol. The van der Waals surface area contributed by atoms with Crippen molar-refractivity contribution in [1.29, 1.82) is 0 Å². The van der Waals surface area contributed by atoms with E-state index in [1.807, 2.05) is 0 Å². The third-order valence-corrected chi connectivity index (χ3v) is 5.37. The van der Waals surface area contributed by atoms with Gasteiger partial charge in [0.1, 0.15) is 11.4 Å². The van der Waals surface area contributed by atoms with E-state index in [-0.39, 0.29) is 35.1 Å². The van der Waals surface area contributed by atoms with Crippen molar-refractivity contribution in [2.24, 2.45) is 11.3 Å². The zero-order valence-corrected chi connectivity index (χ0v) is 16.0. The second kappa shape index (κ2) is 7.00. The first-order valence-corrected chi connectivity index (χ1v) is 9.38. The number of halogens is 3. The van der Waals surface area contributed by atoms with Gasteiger partial charge in [-0.25, -0.2) is 0 Å². The number of benzene rings is 1. The van der Waals surface area contributed by atoms with Crippen molar-refractivity contribution in [1.82, 2.24) is 10.6 Å². The highest BCUT2D eigenvalue weighted by Gasteiger charge is 2.57. The topological polar surface area (TPSA) is 50.4 Å². The van der Waals surface area contributed by atoms with Gasteiger partial charge in [-0.2, -0.15) is 13.2 Å². The maximum atomic E-state index is 13.5. The van der Waals surface area contributed by atoms with Crippen LogP contribution in [-0.4, -0.2) is 24.6 Å². The fourth-order valence-electron chi connectivity index (χ4n) is 3.89. The van der Waals surface area contributed by atoms with Gasteiger partial charge in [-0.3, -0.25) is 4.79 Å². The fraction of sp³-hybridized carbons (Fsp3) is 0.650. The number of amides is 1. The Morgan fingerprint density at radius 3 is 2.52 bits per heavy atom. The molecule has 1 atom stereocenters. The minimum Gasteiger partial charge on any atom is -0.488 e. The maximum Gasteiger partial charge on any atom is 0.416 e. The lowest BCUT2D eigenvalue weighted by atomic mass is 9.92.